The summed E-state index contributed by atoms with van der Waals surface area (Å²) in [6.45, 7) is 0. The molecule has 7 aromatic rings. The Kier molecular flexibility index (Phi) is 4.68. The number of hydrogen-bond donors (Lipinski definition) is 0. The number of rotatable bonds is 3. The Balaban J connectivity index is 1.50. The van der Waals surface area contributed by atoms with Crippen molar-refractivity contribution >= 4 is 42.4 Å². The highest BCUT2D eigenvalue weighted by atomic mass is 32.1. The van der Waals surface area contributed by atoms with Crippen LogP contribution in [-0.4, -0.2) is 9.97 Å². The highest BCUT2D eigenvalue weighted by Gasteiger charge is 2.18. The normalized spacial score (nSPS) is 11.4. The van der Waals surface area contributed by atoms with Crippen LogP contribution in [0.4, 0.5) is 0 Å². The van der Waals surface area contributed by atoms with Crippen LogP contribution in [-0.2, 0) is 0 Å². The summed E-state index contributed by atoms with van der Waals surface area (Å²) in [5.74, 6) is 0.753. The Hall–Kier alpha value is -4.34. The molecule has 35 heavy (non-hydrogen) atoms. The van der Waals surface area contributed by atoms with Crippen molar-refractivity contribution in [1.82, 2.24) is 9.97 Å². The van der Waals surface area contributed by atoms with Gasteiger partial charge in [-0.3, -0.25) is 0 Å². The van der Waals surface area contributed by atoms with E-state index >= 15 is 0 Å². The van der Waals surface area contributed by atoms with Gasteiger partial charge in [0.25, 0.3) is 0 Å². The summed E-state index contributed by atoms with van der Waals surface area (Å²) in [6.07, 6.45) is 0. The topological polar surface area (TPSA) is 25.8 Å². The van der Waals surface area contributed by atoms with Crippen molar-refractivity contribution in [1.29, 1.82) is 0 Å². The Labute approximate surface area is 207 Å². The third-order valence-electron chi connectivity index (χ3n) is 6.50. The van der Waals surface area contributed by atoms with Crippen LogP contribution in [0.15, 0.2) is 121 Å². The summed E-state index contributed by atoms with van der Waals surface area (Å²) in [6, 6.07) is 42.4. The zero-order valence-corrected chi connectivity index (χ0v) is 19.7. The third-order valence-corrected chi connectivity index (χ3v) is 7.65. The molecular weight excluding hydrogens is 444 g/mol. The van der Waals surface area contributed by atoms with Crippen LogP contribution in [0.3, 0.4) is 0 Å². The van der Waals surface area contributed by atoms with Gasteiger partial charge in [-0.05, 0) is 28.0 Å². The minimum atomic E-state index is 0.753. The van der Waals surface area contributed by atoms with E-state index in [9.17, 15) is 0 Å². The first kappa shape index (κ1) is 20.1. The van der Waals surface area contributed by atoms with Crippen LogP contribution in [0.25, 0.3) is 64.8 Å². The summed E-state index contributed by atoms with van der Waals surface area (Å²) in [5.41, 5.74) is 6.53. The molecule has 0 aliphatic rings. The van der Waals surface area contributed by atoms with Crippen molar-refractivity contribution in [3.05, 3.63) is 121 Å². The van der Waals surface area contributed by atoms with Gasteiger partial charge in [-0.1, -0.05) is 115 Å². The fraction of sp³-hybridized carbons (Fsp3) is 0. The molecule has 0 aliphatic carbocycles. The van der Waals surface area contributed by atoms with E-state index in [-0.39, 0.29) is 0 Å². The molecule has 3 heteroatoms. The minimum absolute atomic E-state index is 0.753. The van der Waals surface area contributed by atoms with Gasteiger partial charge >= 0.3 is 0 Å². The maximum atomic E-state index is 5.17. The lowest BCUT2D eigenvalue weighted by Gasteiger charge is -2.08. The molecule has 2 nitrogen and oxygen atoms in total. The maximum Gasteiger partial charge on any atom is 0.160 e. The first-order valence-electron chi connectivity index (χ1n) is 11.7. The van der Waals surface area contributed by atoms with E-state index in [2.05, 4.69) is 109 Å². The average molecular weight is 465 g/mol. The van der Waals surface area contributed by atoms with Crippen LogP contribution in [0.2, 0.25) is 0 Å². The SMILES string of the molecule is c1ccc(-c2ccc(-c3nc(-c4ccccc4)c4sc5ccc6ccccc6c5c4n3)cc2)cc1. The molecule has 0 amide bonds. The van der Waals surface area contributed by atoms with E-state index in [1.807, 2.05) is 12.1 Å². The van der Waals surface area contributed by atoms with Crippen molar-refractivity contribution in [2.24, 2.45) is 0 Å². The van der Waals surface area contributed by atoms with Gasteiger partial charge in [-0.2, -0.15) is 0 Å². The summed E-state index contributed by atoms with van der Waals surface area (Å²) in [7, 11) is 0. The van der Waals surface area contributed by atoms with Crippen molar-refractivity contribution in [3.63, 3.8) is 0 Å². The summed E-state index contributed by atoms with van der Waals surface area (Å²) in [4.78, 5) is 10.3. The van der Waals surface area contributed by atoms with E-state index < -0.39 is 0 Å². The fourth-order valence-corrected chi connectivity index (χ4v) is 5.94. The molecule has 0 atom stereocenters. The number of benzene rings is 5. The molecular formula is C32H20N2S. The number of fused-ring (bicyclic) bond motifs is 5. The first-order valence-corrected chi connectivity index (χ1v) is 12.5. The quantitative estimate of drug-likeness (QED) is 0.261. The number of hydrogen-bond acceptors (Lipinski definition) is 3. The molecule has 0 aliphatic heterocycles. The van der Waals surface area contributed by atoms with Gasteiger partial charge in [-0.15, -0.1) is 11.3 Å². The van der Waals surface area contributed by atoms with E-state index in [1.165, 1.54) is 32.0 Å². The molecule has 2 heterocycles. The second-order valence-corrected chi connectivity index (χ2v) is 9.70. The molecule has 164 valence electrons. The van der Waals surface area contributed by atoms with Crippen molar-refractivity contribution in [2.75, 3.05) is 0 Å². The highest BCUT2D eigenvalue weighted by molar-refractivity contribution is 7.26. The lowest BCUT2D eigenvalue weighted by atomic mass is 10.0. The van der Waals surface area contributed by atoms with E-state index in [4.69, 9.17) is 9.97 Å². The standard InChI is InChI=1S/C32H20N2S/c1-3-9-21(10-4-1)22-15-17-25(18-16-22)32-33-29(24-12-5-2-6-13-24)31-30(34-32)28-26-14-8-7-11-23(26)19-20-27(28)35-31/h1-20H. The van der Waals surface area contributed by atoms with Gasteiger partial charge in [0.2, 0.25) is 0 Å². The van der Waals surface area contributed by atoms with Gasteiger partial charge in [0.15, 0.2) is 5.82 Å². The molecule has 5 aromatic carbocycles. The molecule has 0 N–H and O–H groups in total. The van der Waals surface area contributed by atoms with Crippen molar-refractivity contribution < 1.29 is 0 Å². The molecule has 0 spiro atoms. The van der Waals surface area contributed by atoms with Crippen molar-refractivity contribution in [2.45, 2.75) is 0 Å². The first-order chi connectivity index (χ1) is 17.3. The monoisotopic (exact) mass is 464 g/mol. The summed E-state index contributed by atoms with van der Waals surface area (Å²) >= 11 is 1.78. The Morgan fingerprint density at radius 1 is 0.486 bits per heavy atom. The minimum Gasteiger partial charge on any atom is -0.226 e. The lowest BCUT2D eigenvalue weighted by Crippen LogP contribution is -1.93. The summed E-state index contributed by atoms with van der Waals surface area (Å²) in [5, 5.41) is 3.68. The number of aromatic nitrogens is 2. The van der Waals surface area contributed by atoms with E-state index in [0.717, 1.165) is 32.9 Å². The Bertz CT molecular complexity index is 1820. The van der Waals surface area contributed by atoms with Gasteiger partial charge in [0.1, 0.15) is 0 Å². The highest BCUT2D eigenvalue weighted by Crippen LogP contribution is 2.42. The average Bonchev–Trinajstić information content (AvgIpc) is 3.33. The molecule has 0 unspecified atom stereocenters. The third kappa shape index (κ3) is 3.40. The molecule has 0 saturated heterocycles. The van der Waals surface area contributed by atoms with Gasteiger partial charge in [0, 0.05) is 21.2 Å². The lowest BCUT2D eigenvalue weighted by molar-refractivity contribution is 1.24. The number of nitrogens with zero attached hydrogens (tertiary/aromatic N) is 2. The molecule has 0 radical (unpaired) electrons. The predicted octanol–water partition coefficient (Wildman–Crippen LogP) is 9.00. The maximum absolute atomic E-state index is 5.17. The zero-order chi connectivity index (χ0) is 23.2. The molecule has 0 fully saturated rings. The largest absolute Gasteiger partial charge is 0.226 e. The molecule has 7 rings (SSSR count). The van der Waals surface area contributed by atoms with Gasteiger partial charge in [0.05, 0.1) is 15.9 Å². The zero-order valence-electron chi connectivity index (χ0n) is 18.8. The predicted molar refractivity (Wildman–Crippen MR) is 149 cm³/mol. The Morgan fingerprint density at radius 2 is 1.11 bits per heavy atom. The second kappa shape index (κ2) is 8.15. The van der Waals surface area contributed by atoms with Crippen LogP contribution < -0.4 is 0 Å². The second-order valence-electron chi connectivity index (χ2n) is 8.64. The molecule has 0 bridgehead atoms. The van der Waals surface area contributed by atoms with E-state index in [1.54, 1.807) is 11.3 Å². The van der Waals surface area contributed by atoms with Crippen LogP contribution in [0.1, 0.15) is 0 Å². The molecule has 2 aromatic heterocycles. The van der Waals surface area contributed by atoms with Crippen LogP contribution >= 0.6 is 11.3 Å². The summed E-state index contributed by atoms with van der Waals surface area (Å²) < 4.78 is 2.37. The smallest absolute Gasteiger partial charge is 0.160 e. The number of thiophene rings is 1. The fourth-order valence-electron chi connectivity index (χ4n) is 4.77. The van der Waals surface area contributed by atoms with Crippen molar-refractivity contribution in [3.8, 4) is 33.8 Å². The van der Waals surface area contributed by atoms with E-state index in [0.29, 0.717) is 0 Å². The molecule has 0 saturated carbocycles. The Morgan fingerprint density at radius 3 is 1.89 bits per heavy atom. The van der Waals surface area contributed by atoms with Gasteiger partial charge < -0.3 is 0 Å². The van der Waals surface area contributed by atoms with Crippen LogP contribution in [0.5, 0.6) is 0 Å². The van der Waals surface area contributed by atoms with Crippen LogP contribution in [0, 0.1) is 0 Å². The van der Waals surface area contributed by atoms with Gasteiger partial charge in [-0.25, -0.2) is 9.97 Å².